The zero-order chi connectivity index (χ0) is 24.2. The number of sulfonamides is 1. The van der Waals surface area contributed by atoms with Crippen molar-refractivity contribution in [2.24, 2.45) is 5.92 Å². The van der Waals surface area contributed by atoms with E-state index in [0.29, 0.717) is 18.8 Å². The van der Waals surface area contributed by atoms with Crippen LogP contribution in [0.15, 0.2) is 47.4 Å². The van der Waals surface area contributed by atoms with Crippen LogP contribution in [0.25, 0.3) is 0 Å². The number of morpholine rings is 1. The molecule has 2 amide bonds. The number of halogens is 1. The fourth-order valence-corrected chi connectivity index (χ4v) is 4.84. The van der Waals surface area contributed by atoms with Crippen LogP contribution in [-0.4, -0.2) is 56.9 Å². The number of nitrogens with zero attached hydrogens (tertiary/aromatic N) is 1. The van der Waals surface area contributed by atoms with Crippen LogP contribution in [0.4, 0.5) is 10.1 Å². The summed E-state index contributed by atoms with van der Waals surface area (Å²) in [5.74, 6) is -1.81. The number of amides is 2. The highest BCUT2D eigenvalue weighted by Gasteiger charge is 2.28. The second-order valence-corrected chi connectivity index (χ2v) is 10.1. The van der Waals surface area contributed by atoms with Crippen molar-refractivity contribution in [2.45, 2.75) is 31.7 Å². The van der Waals surface area contributed by atoms with Crippen molar-refractivity contribution in [1.82, 2.24) is 9.62 Å². The van der Waals surface area contributed by atoms with Gasteiger partial charge in [0.15, 0.2) is 0 Å². The van der Waals surface area contributed by atoms with E-state index >= 15 is 0 Å². The van der Waals surface area contributed by atoms with Gasteiger partial charge in [-0.2, -0.15) is 4.31 Å². The molecule has 33 heavy (non-hydrogen) atoms. The van der Waals surface area contributed by atoms with Gasteiger partial charge >= 0.3 is 0 Å². The maximum Gasteiger partial charge on any atom is 0.251 e. The Kier molecular flexibility index (Phi) is 7.83. The summed E-state index contributed by atoms with van der Waals surface area (Å²) in [6.07, 6.45) is 0. The van der Waals surface area contributed by atoms with Gasteiger partial charge in [-0.25, -0.2) is 12.8 Å². The monoisotopic (exact) mass is 477 g/mol. The number of anilines is 1. The molecule has 0 aliphatic carbocycles. The first kappa shape index (κ1) is 24.8. The summed E-state index contributed by atoms with van der Waals surface area (Å²) < 4.78 is 46.1. The Morgan fingerprint density at radius 1 is 1.09 bits per heavy atom. The Labute approximate surface area is 193 Å². The van der Waals surface area contributed by atoms with Crippen molar-refractivity contribution in [3.8, 4) is 0 Å². The smallest absolute Gasteiger partial charge is 0.251 e. The molecule has 178 valence electrons. The average molecular weight is 478 g/mol. The van der Waals surface area contributed by atoms with E-state index in [4.69, 9.17) is 4.74 Å². The number of carbonyl (C=O) groups is 2. The van der Waals surface area contributed by atoms with E-state index in [1.165, 1.54) is 34.6 Å². The molecule has 1 saturated heterocycles. The molecule has 0 radical (unpaired) electrons. The second-order valence-electron chi connectivity index (χ2n) is 8.19. The van der Waals surface area contributed by atoms with Crippen molar-refractivity contribution in [1.29, 1.82) is 0 Å². The summed E-state index contributed by atoms with van der Waals surface area (Å²) in [6, 6.07) is 9.13. The number of aryl methyl sites for hydroxylation is 1. The molecule has 0 bridgehead atoms. The molecule has 2 N–H and O–H groups in total. The number of rotatable bonds is 7. The van der Waals surface area contributed by atoms with E-state index in [1.807, 2.05) is 0 Å². The minimum atomic E-state index is -3.77. The van der Waals surface area contributed by atoms with Crippen molar-refractivity contribution < 1.29 is 27.1 Å². The normalized spacial score (nSPS) is 15.8. The summed E-state index contributed by atoms with van der Waals surface area (Å²) in [6.45, 7) is 6.26. The largest absolute Gasteiger partial charge is 0.379 e. The maximum atomic E-state index is 13.8. The molecule has 1 aliphatic rings. The molecule has 0 aromatic heterocycles. The molecule has 1 atom stereocenters. The van der Waals surface area contributed by atoms with Gasteiger partial charge in [0.05, 0.1) is 18.1 Å². The average Bonchev–Trinajstić information content (AvgIpc) is 2.80. The van der Waals surface area contributed by atoms with Gasteiger partial charge in [-0.05, 0) is 48.7 Å². The molecule has 10 heteroatoms. The van der Waals surface area contributed by atoms with Gasteiger partial charge in [-0.15, -0.1) is 0 Å². The number of nitrogens with one attached hydrogen (secondary N) is 2. The van der Waals surface area contributed by atoms with Crippen LogP contribution in [0.5, 0.6) is 0 Å². The highest BCUT2D eigenvalue weighted by molar-refractivity contribution is 7.89. The topological polar surface area (TPSA) is 105 Å². The van der Waals surface area contributed by atoms with Crippen LogP contribution < -0.4 is 10.6 Å². The van der Waals surface area contributed by atoms with Crippen molar-refractivity contribution in [2.75, 3.05) is 31.6 Å². The number of hydrogen-bond donors (Lipinski definition) is 2. The molecule has 0 unspecified atom stereocenters. The first-order valence-electron chi connectivity index (χ1n) is 10.7. The Morgan fingerprint density at radius 2 is 1.79 bits per heavy atom. The fourth-order valence-electron chi connectivity index (χ4n) is 3.38. The standard InChI is InChI=1S/C23H28FN3O5S/c1-15(2)21(23(29)25-18-8-7-16(3)20(24)14-18)26-22(28)17-5-4-6-19(13-17)33(30,31)27-9-11-32-12-10-27/h4-8,13-15,21H,9-12H2,1-3H3,(H,25,29)(H,26,28)/t21-/m0/s1. The Morgan fingerprint density at radius 3 is 2.42 bits per heavy atom. The molecule has 0 spiro atoms. The van der Waals surface area contributed by atoms with Gasteiger partial charge in [0.25, 0.3) is 5.91 Å². The fraction of sp³-hybridized carbons (Fsp3) is 0.391. The first-order chi connectivity index (χ1) is 15.6. The number of benzene rings is 2. The molecular formula is C23H28FN3O5S. The van der Waals surface area contributed by atoms with E-state index in [1.54, 1.807) is 32.9 Å². The van der Waals surface area contributed by atoms with E-state index in [-0.39, 0.29) is 35.2 Å². The van der Waals surface area contributed by atoms with Crippen LogP contribution in [0.3, 0.4) is 0 Å². The zero-order valence-corrected chi connectivity index (χ0v) is 19.6. The van der Waals surface area contributed by atoms with E-state index in [0.717, 1.165) is 0 Å². The predicted molar refractivity (Wildman–Crippen MR) is 122 cm³/mol. The van der Waals surface area contributed by atoms with Gasteiger partial charge in [0, 0.05) is 24.3 Å². The van der Waals surface area contributed by atoms with E-state index in [9.17, 15) is 22.4 Å². The summed E-state index contributed by atoms with van der Waals surface area (Å²) in [5, 5.41) is 5.28. The van der Waals surface area contributed by atoms with Crippen LogP contribution in [0, 0.1) is 18.7 Å². The molecule has 2 aromatic rings. The molecule has 1 fully saturated rings. The summed E-state index contributed by atoms with van der Waals surface area (Å²) in [7, 11) is -3.77. The SMILES string of the molecule is Cc1ccc(NC(=O)[C@@H](NC(=O)c2cccc(S(=O)(=O)N3CCOCC3)c2)C(C)C)cc1F. The lowest BCUT2D eigenvalue weighted by molar-refractivity contribution is -0.118. The van der Waals surface area contributed by atoms with Crippen LogP contribution in [-0.2, 0) is 19.6 Å². The van der Waals surface area contributed by atoms with Gasteiger partial charge in [0.1, 0.15) is 11.9 Å². The molecule has 1 aliphatic heterocycles. The molecule has 3 rings (SSSR count). The van der Waals surface area contributed by atoms with Gasteiger partial charge in [-0.3, -0.25) is 9.59 Å². The minimum Gasteiger partial charge on any atom is -0.379 e. The van der Waals surface area contributed by atoms with Crippen molar-refractivity contribution in [3.63, 3.8) is 0 Å². The number of carbonyl (C=O) groups excluding carboxylic acids is 2. The lowest BCUT2D eigenvalue weighted by Gasteiger charge is -2.26. The summed E-state index contributed by atoms with van der Waals surface area (Å²) in [5.41, 5.74) is 0.847. The second kappa shape index (κ2) is 10.4. The molecular weight excluding hydrogens is 449 g/mol. The van der Waals surface area contributed by atoms with Gasteiger partial charge in [-0.1, -0.05) is 26.0 Å². The number of ether oxygens (including phenoxy) is 1. The van der Waals surface area contributed by atoms with E-state index < -0.39 is 33.7 Å². The summed E-state index contributed by atoms with van der Waals surface area (Å²) >= 11 is 0. The number of hydrogen-bond acceptors (Lipinski definition) is 5. The van der Waals surface area contributed by atoms with Crippen molar-refractivity contribution in [3.05, 3.63) is 59.4 Å². The minimum absolute atomic E-state index is 0.00210. The lowest BCUT2D eigenvalue weighted by Crippen LogP contribution is -2.47. The predicted octanol–water partition coefficient (Wildman–Crippen LogP) is 2.55. The molecule has 2 aromatic carbocycles. The van der Waals surface area contributed by atoms with Crippen LogP contribution in [0.1, 0.15) is 29.8 Å². The first-order valence-corrected chi connectivity index (χ1v) is 12.1. The van der Waals surface area contributed by atoms with Gasteiger partial charge in [0.2, 0.25) is 15.9 Å². The zero-order valence-electron chi connectivity index (χ0n) is 18.8. The third-order valence-electron chi connectivity index (χ3n) is 5.38. The molecule has 0 saturated carbocycles. The van der Waals surface area contributed by atoms with E-state index in [2.05, 4.69) is 10.6 Å². The van der Waals surface area contributed by atoms with Crippen LogP contribution in [0.2, 0.25) is 0 Å². The Bertz CT molecular complexity index is 1130. The highest BCUT2D eigenvalue weighted by atomic mass is 32.2. The van der Waals surface area contributed by atoms with Crippen LogP contribution >= 0.6 is 0 Å². The third-order valence-corrected chi connectivity index (χ3v) is 7.27. The van der Waals surface area contributed by atoms with Gasteiger partial charge < -0.3 is 15.4 Å². The van der Waals surface area contributed by atoms with Crippen molar-refractivity contribution >= 4 is 27.5 Å². The Balaban J connectivity index is 1.75. The maximum absolute atomic E-state index is 13.8. The summed E-state index contributed by atoms with van der Waals surface area (Å²) in [4.78, 5) is 25.7. The molecule has 8 nitrogen and oxygen atoms in total. The highest BCUT2D eigenvalue weighted by Crippen LogP contribution is 2.19. The molecule has 1 heterocycles. The Hall–Kier alpha value is -2.82. The quantitative estimate of drug-likeness (QED) is 0.638. The lowest BCUT2D eigenvalue weighted by atomic mass is 10.0. The third kappa shape index (κ3) is 5.95.